The summed E-state index contributed by atoms with van der Waals surface area (Å²) in [6.45, 7) is 3.87. The molecule has 0 unspecified atom stereocenters. The number of carbonyl (C=O) groups is 1. The van der Waals surface area contributed by atoms with Crippen LogP contribution in [0, 0.1) is 0 Å². The summed E-state index contributed by atoms with van der Waals surface area (Å²) in [5, 5.41) is 4.88. The maximum atomic E-state index is 11.4. The van der Waals surface area contributed by atoms with Gasteiger partial charge in [-0.3, -0.25) is 4.79 Å². The Bertz CT molecular complexity index is 284. The number of carbonyl (C=O) groups excluding carboxylic acids is 1. The highest BCUT2D eigenvalue weighted by molar-refractivity contribution is 7.10. The predicted molar refractivity (Wildman–Crippen MR) is 59.1 cm³/mol. The largest absolute Gasteiger partial charge is 0.347 e. The van der Waals surface area contributed by atoms with E-state index in [4.69, 9.17) is 5.73 Å². The lowest BCUT2D eigenvalue weighted by Gasteiger charge is -2.15. The monoisotopic (exact) mass is 212 g/mol. The molecule has 0 aliphatic carbocycles. The van der Waals surface area contributed by atoms with Crippen molar-refractivity contribution in [3.05, 3.63) is 22.4 Å². The summed E-state index contributed by atoms with van der Waals surface area (Å²) in [4.78, 5) is 12.6. The average molecular weight is 212 g/mol. The van der Waals surface area contributed by atoms with E-state index in [9.17, 15) is 4.79 Å². The number of nitrogens with one attached hydrogen (secondary N) is 1. The van der Waals surface area contributed by atoms with Crippen LogP contribution in [0.25, 0.3) is 0 Å². The van der Waals surface area contributed by atoms with E-state index in [1.165, 1.54) is 0 Å². The van der Waals surface area contributed by atoms with E-state index in [0.717, 1.165) is 4.88 Å². The van der Waals surface area contributed by atoms with E-state index in [1.54, 1.807) is 11.3 Å². The van der Waals surface area contributed by atoms with Crippen LogP contribution < -0.4 is 11.1 Å². The van der Waals surface area contributed by atoms with Gasteiger partial charge in [-0.25, -0.2) is 0 Å². The third-order valence-corrected chi connectivity index (χ3v) is 3.16. The minimum atomic E-state index is -0.391. The quantitative estimate of drug-likeness (QED) is 0.797. The van der Waals surface area contributed by atoms with Gasteiger partial charge in [0.05, 0.1) is 12.1 Å². The fourth-order valence-electron chi connectivity index (χ4n) is 1.11. The standard InChI is InChI=1S/C10H16N2OS/c1-3-8(11)10(13)12-7(2)9-5-4-6-14-9/h4-8H,3,11H2,1-2H3,(H,12,13)/t7-,8-/m1/s1. The van der Waals surface area contributed by atoms with Crippen LogP contribution in [0.5, 0.6) is 0 Å². The van der Waals surface area contributed by atoms with Crippen LogP contribution in [0.15, 0.2) is 17.5 Å². The maximum absolute atomic E-state index is 11.4. The molecular weight excluding hydrogens is 196 g/mol. The van der Waals surface area contributed by atoms with Crippen molar-refractivity contribution in [2.75, 3.05) is 0 Å². The lowest BCUT2D eigenvalue weighted by molar-refractivity contribution is -0.123. The Morgan fingerprint density at radius 2 is 2.43 bits per heavy atom. The van der Waals surface area contributed by atoms with Crippen LogP contribution in [0.2, 0.25) is 0 Å². The highest BCUT2D eigenvalue weighted by Gasteiger charge is 2.14. The summed E-state index contributed by atoms with van der Waals surface area (Å²) in [6.07, 6.45) is 0.670. The van der Waals surface area contributed by atoms with Crippen molar-refractivity contribution in [2.45, 2.75) is 32.4 Å². The van der Waals surface area contributed by atoms with E-state index in [2.05, 4.69) is 5.32 Å². The van der Waals surface area contributed by atoms with E-state index in [0.29, 0.717) is 6.42 Å². The minimum Gasteiger partial charge on any atom is -0.347 e. The summed E-state index contributed by atoms with van der Waals surface area (Å²) >= 11 is 1.64. The van der Waals surface area contributed by atoms with Crippen molar-refractivity contribution < 1.29 is 4.79 Å². The number of rotatable bonds is 4. The van der Waals surface area contributed by atoms with Crippen molar-refractivity contribution in [1.82, 2.24) is 5.32 Å². The molecule has 3 N–H and O–H groups in total. The summed E-state index contributed by atoms with van der Waals surface area (Å²) in [7, 11) is 0. The lowest BCUT2D eigenvalue weighted by Crippen LogP contribution is -2.40. The van der Waals surface area contributed by atoms with Crippen LogP contribution in [0.1, 0.15) is 31.2 Å². The highest BCUT2D eigenvalue weighted by Crippen LogP contribution is 2.17. The molecule has 0 aliphatic rings. The maximum Gasteiger partial charge on any atom is 0.237 e. The van der Waals surface area contributed by atoms with Crippen molar-refractivity contribution in [3.63, 3.8) is 0 Å². The minimum absolute atomic E-state index is 0.0556. The molecule has 0 aliphatic heterocycles. The molecule has 3 nitrogen and oxygen atoms in total. The molecule has 1 amide bonds. The summed E-state index contributed by atoms with van der Waals surface area (Å²) in [6, 6.07) is 3.65. The number of amides is 1. The van der Waals surface area contributed by atoms with Crippen LogP contribution in [-0.2, 0) is 4.79 Å². The van der Waals surface area contributed by atoms with Crippen molar-refractivity contribution in [3.8, 4) is 0 Å². The molecule has 0 aromatic carbocycles. The number of thiophene rings is 1. The molecule has 1 rings (SSSR count). The zero-order valence-corrected chi connectivity index (χ0v) is 9.30. The Labute approximate surface area is 88.3 Å². The molecule has 14 heavy (non-hydrogen) atoms. The Kier molecular flexibility index (Phi) is 4.10. The second-order valence-electron chi connectivity index (χ2n) is 3.26. The summed E-state index contributed by atoms with van der Waals surface area (Å²) < 4.78 is 0. The Morgan fingerprint density at radius 1 is 1.71 bits per heavy atom. The smallest absolute Gasteiger partial charge is 0.237 e. The first kappa shape index (κ1) is 11.2. The first-order valence-electron chi connectivity index (χ1n) is 4.74. The molecule has 0 radical (unpaired) electrons. The van der Waals surface area contributed by atoms with E-state index in [1.807, 2.05) is 31.4 Å². The molecule has 0 fully saturated rings. The fraction of sp³-hybridized carbons (Fsp3) is 0.500. The van der Waals surface area contributed by atoms with Gasteiger partial charge in [-0.2, -0.15) is 0 Å². The molecule has 4 heteroatoms. The first-order valence-corrected chi connectivity index (χ1v) is 5.62. The fourth-order valence-corrected chi connectivity index (χ4v) is 1.85. The number of hydrogen-bond acceptors (Lipinski definition) is 3. The van der Waals surface area contributed by atoms with Gasteiger partial charge in [0.25, 0.3) is 0 Å². The molecule has 0 saturated heterocycles. The van der Waals surface area contributed by atoms with Crippen molar-refractivity contribution in [2.24, 2.45) is 5.73 Å². The van der Waals surface area contributed by atoms with E-state index < -0.39 is 6.04 Å². The van der Waals surface area contributed by atoms with Crippen molar-refractivity contribution in [1.29, 1.82) is 0 Å². The second kappa shape index (κ2) is 5.12. The molecular formula is C10H16N2OS. The number of hydrogen-bond donors (Lipinski definition) is 2. The van der Waals surface area contributed by atoms with Gasteiger partial charge in [-0.05, 0) is 24.8 Å². The molecule has 0 spiro atoms. The van der Waals surface area contributed by atoms with Gasteiger partial charge in [-0.1, -0.05) is 13.0 Å². The zero-order valence-electron chi connectivity index (χ0n) is 8.49. The van der Waals surface area contributed by atoms with Gasteiger partial charge < -0.3 is 11.1 Å². The van der Waals surface area contributed by atoms with Crippen LogP contribution in [0.4, 0.5) is 0 Å². The Hall–Kier alpha value is -0.870. The van der Waals surface area contributed by atoms with Gasteiger partial charge in [-0.15, -0.1) is 11.3 Å². The highest BCUT2D eigenvalue weighted by atomic mass is 32.1. The molecule has 78 valence electrons. The molecule has 0 saturated carbocycles. The molecule has 1 aromatic heterocycles. The third-order valence-electron chi connectivity index (χ3n) is 2.11. The van der Waals surface area contributed by atoms with E-state index >= 15 is 0 Å². The summed E-state index contributed by atoms with van der Waals surface area (Å²) in [5.74, 6) is -0.0756. The molecule has 1 heterocycles. The average Bonchev–Trinajstić information content (AvgIpc) is 2.69. The van der Waals surface area contributed by atoms with Gasteiger partial charge in [0.2, 0.25) is 5.91 Å². The van der Waals surface area contributed by atoms with Gasteiger partial charge >= 0.3 is 0 Å². The SMILES string of the molecule is CC[C@@H](N)C(=O)N[C@H](C)c1cccs1. The van der Waals surface area contributed by atoms with Gasteiger partial charge in [0, 0.05) is 4.88 Å². The number of nitrogens with two attached hydrogens (primary N) is 1. The normalized spacial score (nSPS) is 14.8. The first-order chi connectivity index (χ1) is 6.65. The zero-order chi connectivity index (χ0) is 10.6. The predicted octanol–water partition coefficient (Wildman–Crippen LogP) is 1.66. The molecule has 2 atom stereocenters. The molecule has 0 bridgehead atoms. The second-order valence-corrected chi connectivity index (χ2v) is 4.24. The van der Waals surface area contributed by atoms with Crippen LogP contribution >= 0.6 is 11.3 Å². The Morgan fingerprint density at radius 3 is 2.93 bits per heavy atom. The molecule has 1 aromatic rings. The Balaban J connectivity index is 2.49. The van der Waals surface area contributed by atoms with Crippen LogP contribution in [-0.4, -0.2) is 11.9 Å². The summed E-state index contributed by atoms with van der Waals surface area (Å²) in [5.41, 5.74) is 5.61. The topological polar surface area (TPSA) is 55.1 Å². The third kappa shape index (κ3) is 2.82. The van der Waals surface area contributed by atoms with Gasteiger partial charge in [0.15, 0.2) is 0 Å². The van der Waals surface area contributed by atoms with Gasteiger partial charge in [0.1, 0.15) is 0 Å². The van der Waals surface area contributed by atoms with Crippen molar-refractivity contribution >= 4 is 17.2 Å². The van der Waals surface area contributed by atoms with E-state index in [-0.39, 0.29) is 11.9 Å². The van der Waals surface area contributed by atoms with Crippen LogP contribution in [0.3, 0.4) is 0 Å². The lowest BCUT2D eigenvalue weighted by atomic mass is 10.2.